The van der Waals surface area contributed by atoms with Gasteiger partial charge in [0.2, 0.25) is 0 Å². The third kappa shape index (κ3) is 4.33. The summed E-state index contributed by atoms with van der Waals surface area (Å²) >= 11 is 3.33. The molecule has 0 fully saturated rings. The molecule has 2 rings (SSSR count). The van der Waals surface area contributed by atoms with Crippen LogP contribution in [0.1, 0.15) is 32.0 Å². The molecular weight excluding hydrogens is 392 g/mol. The van der Waals surface area contributed by atoms with Crippen LogP contribution in [-0.2, 0) is 4.84 Å². The van der Waals surface area contributed by atoms with Gasteiger partial charge in [0.05, 0.1) is 17.1 Å². The predicted octanol–water partition coefficient (Wildman–Crippen LogP) is 3.07. The van der Waals surface area contributed by atoms with E-state index in [4.69, 9.17) is 9.57 Å². The molecule has 7 nitrogen and oxygen atoms in total. The summed E-state index contributed by atoms with van der Waals surface area (Å²) in [4.78, 5) is 5.43. The highest BCUT2D eigenvalue weighted by molar-refractivity contribution is 9.10. The molecule has 0 aliphatic heterocycles. The fourth-order valence-electron chi connectivity index (χ4n) is 2.00. The van der Waals surface area contributed by atoms with E-state index < -0.39 is 5.60 Å². The van der Waals surface area contributed by atoms with Crippen molar-refractivity contribution in [2.75, 3.05) is 7.11 Å². The quantitative estimate of drug-likeness (QED) is 0.349. The first kappa shape index (κ1) is 18.9. The number of benzene rings is 1. The van der Waals surface area contributed by atoms with Crippen molar-refractivity contribution in [2.24, 2.45) is 5.16 Å². The smallest absolute Gasteiger partial charge is 0.288 e. The van der Waals surface area contributed by atoms with Crippen molar-refractivity contribution >= 4 is 21.6 Å². The summed E-state index contributed by atoms with van der Waals surface area (Å²) in [5, 5.41) is 36.7. The van der Waals surface area contributed by atoms with Crippen LogP contribution in [0.2, 0.25) is 0 Å². The minimum absolute atomic E-state index is 0.0103. The number of oxime groups is 1. The summed E-state index contributed by atoms with van der Waals surface area (Å²) in [6, 6.07) is 5.66. The average molecular weight is 411 g/mol. The lowest BCUT2D eigenvalue weighted by Crippen LogP contribution is -2.35. The lowest BCUT2D eigenvalue weighted by Gasteiger charge is -2.18. The molecule has 1 aromatic heterocycles. The van der Waals surface area contributed by atoms with E-state index in [0.29, 0.717) is 15.0 Å². The molecule has 2 N–H and O–H groups in total. The fourth-order valence-corrected chi connectivity index (χ4v) is 2.50. The molecule has 0 aliphatic carbocycles. The van der Waals surface area contributed by atoms with E-state index in [-0.39, 0.29) is 28.5 Å². The summed E-state index contributed by atoms with van der Waals surface area (Å²) in [6.07, 6.45) is 1.22. The monoisotopic (exact) mass is 410 g/mol. The highest BCUT2D eigenvalue weighted by atomic mass is 79.9. The molecule has 0 saturated heterocycles. The topological polar surface area (TPSA) is 98.2 Å². The molecule has 0 bridgehead atoms. The molecule has 0 unspecified atom stereocenters. The van der Waals surface area contributed by atoms with Gasteiger partial charge in [0.15, 0.2) is 17.7 Å². The zero-order chi connectivity index (χ0) is 18.8. The van der Waals surface area contributed by atoms with Gasteiger partial charge in [-0.25, -0.2) is 0 Å². The Labute approximate surface area is 153 Å². The molecule has 134 valence electrons. The van der Waals surface area contributed by atoms with Crippen LogP contribution in [-0.4, -0.2) is 28.6 Å². The van der Waals surface area contributed by atoms with Crippen LogP contribution >= 0.6 is 15.9 Å². The van der Waals surface area contributed by atoms with Gasteiger partial charge in [0, 0.05) is 12.1 Å². The largest absolute Gasteiger partial charge is 0.618 e. The van der Waals surface area contributed by atoms with Crippen molar-refractivity contribution in [2.45, 2.75) is 26.4 Å². The predicted molar refractivity (Wildman–Crippen MR) is 95.9 cm³/mol. The number of phenols is 1. The molecule has 25 heavy (non-hydrogen) atoms. The van der Waals surface area contributed by atoms with E-state index >= 15 is 0 Å². The number of phenolic OH excluding ortho intramolecular Hbond substituents is 1. The van der Waals surface area contributed by atoms with Crippen molar-refractivity contribution in [1.82, 2.24) is 0 Å². The second-order valence-corrected chi connectivity index (χ2v) is 7.07. The van der Waals surface area contributed by atoms with E-state index in [1.165, 1.54) is 37.6 Å². The third-order valence-electron chi connectivity index (χ3n) is 3.10. The maximum atomic E-state index is 12.2. The van der Waals surface area contributed by atoms with Gasteiger partial charge < -0.3 is 25.0 Å². The van der Waals surface area contributed by atoms with Crippen LogP contribution in [0.15, 0.2) is 40.1 Å². The average Bonchev–Trinajstić information content (AvgIpc) is 2.51. The number of methoxy groups -OCH3 is 1. The Morgan fingerprint density at radius 2 is 1.92 bits per heavy atom. The van der Waals surface area contributed by atoms with Crippen LogP contribution in [0.3, 0.4) is 0 Å². The minimum Gasteiger partial charge on any atom is -0.618 e. The van der Waals surface area contributed by atoms with E-state index in [2.05, 4.69) is 21.1 Å². The van der Waals surface area contributed by atoms with Crippen LogP contribution in [0.5, 0.6) is 17.2 Å². The first-order valence-corrected chi connectivity index (χ1v) is 8.18. The highest BCUT2D eigenvalue weighted by Crippen LogP contribution is 2.34. The number of halogens is 1. The SMILES string of the molecule is COc1cc(O)c(C(=NOC(C)(C)C)c2c(O)ccc[n+]2[O-])cc1Br. The van der Waals surface area contributed by atoms with Gasteiger partial charge in [-0.05, 0) is 48.8 Å². The molecule has 8 heteroatoms. The zero-order valence-corrected chi connectivity index (χ0v) is 15.9. The van der Waals surface area contributed by atoms with Gasteiger partial charge in [-0.15, -0.1) is 0 Å². The Hall–Kier alpha value is -2.48. The second-order valence-electron chi connectivity index (χ2n) is 6.22. The van der Waals surface area contributed by atoms with E-state index in [9.17, 15) is 15.4 Å². The van der Waals surface area contributed by atoms with Gasteiger partial charge in [0.25, 0.3) is 5.69 Å². The second kappa shape index (κ2) is 7.18. The third-order valence-corrected chi connectivity index (χ3v) is 3.72. The Kier molecular flexibility index (Phi) is 5.42. The van der Waals surface area contributed by atoms with Gasteiger partial charge >= 0.3 is 0 Å². The standard InChI is InChI=1S/C17H19BrN2O5/c1-17(2,3)25-19-15(16-12(21)6-5-7-20(16)23)10-8-11(18)14(24-4)9-13(10)22/h5-9,21-22H,1-4H3. The minimum atomic E-state index is -0.636. The van der Waals surface area contributed by atoms with Crippen LogP contribution in [0.25, 0.3) is 0 Å². The van der Waals surface area contributed by atoms with E-state index in [0.717, 1.165) is 0 Å². The molecule has 2 aromatic rings. The number of rotatable bonds is 4. The summed E-state index contributed by atoms with van der Waals surface area (Å²) in [5.41, 5.74) is -0.589. The lowest BCUT2D eigenvalue weighted by atomic mass is 10.0. The van der Waals surface area contributed by atoms with Crippen molar-refractivity contribution in [3.63, 3.8) is 0 Å². The Morgan fingerprint density at radius 3 is 2.48 bits per heavy atom. The lowest BCUT2D eigenvalue weighted by molar-refractivity contribution is -0.607. The van der Waals surface area contributed by atoms with Crippen LogP contribution < -0.4 is 9.47 Å². The Balaban J connectivity index is 2.71. The van der Waals surface area contributed by atoms with Gasteiger partial charge in [-0.1, -0.05) is 5.16 Å². The Bertz CT molecular complexity index is 795. The first-order valence-electron chi connectivity index (χ1n) is 7.38. The molecule has 0 saturated carbocycles. The summed E-state index contributed by atoms with van der Waals surface area (Å²) < 4.78 is 6.13. The van der Waals surface area contributed by atoms with Gasteiger partial charge in [-0.3, -0.25) is 0 Å². The van der Waals surface area contributed by atoms with Crippen molar-refractivity contribution in [1.29, 1.82) is 0 Å². The molecular formula is C17H19BrN2O5. The summed E-state index contributed by atoms with van der Waals surface area (Å²) in [6.45, 7) is 5.36. The van der Waals surface area contributed by atoms with E-state index in [1.54, 1.807) is 20.8 Å². The molecule has 0 atom stereocenters. The fraction of sp³-hybridized carbons (Fsp3) is 0.294. The van der Waals surface area contributed by atoms with Gasteiger partial charge in [0.1, 0.15) is 17.1 Å². The number of aromatic hydroxyl groups is 2. The number of pyridine rings is 1. The summed E-state index contributed by atoms with van der Waals surface area (Å²) in [5.74, 6) is -0.0655. The normalized spacial score (nSPS) is 12.1. The molecule has 0 spiro atoms. The Morgan fingerprint density at radius 1 is 1.24 bits per heavy atom. The highest BCUT2D eigenvalue weighted by Gasteiger charge is 2.27. The molecule has 0 amide bonds. The number of ether oxygens (including phenoxy) is 1. The first-order chi connectivity index (χ1) is 11.6. The maximum absolute atomic E-state index is 12.2. The molecule has 1 aromatic carbocycles. The van der Waals surface area contributed by atoms with Crippen molar-refractivity contribution in [3.8, 4) is 17.2 Å². The maximum Gasteiger partial charge on any atom is 0.288 e. The van der Waals surface area contributed by atoms with E-state index in [1.807, 2.05) is 0 Å². The molecule has 0 aliphatic rings. The number of hydrogen-bond donors (Lipinski definition) is 2. The number of nitrogens with zero attached hydrogens (tertiary/aromatic N) is 2. The number of aromatic nitrogens is 1. The van der Waals surface area contributed by atoms with Crippen LogP contribution in [0.4, 0.5) is 0 Å². The van der Waals surface area contributed by atoms with Crippen molar-refractivity contribution in [3.05, 3.63) is 51.4 Å². The summed E-state index contributed by atoms with van der Waals surface area (Å²) in [7, 11) is 1.46. The van der Waals surface area contributed by atoms with Gasteiger partial charge in [-0.2, -0.15) is 4.73 Å². The van der Waals surface area contributed by atoms with Crippen LogP contribution in [0, 0.1) is 5.21 Å². The molecule has 0 radical (unpaired) electrons. The molecule has 1 heterocycles. The van der Waals surface area contributed by atoms with Crippen molar-refractivity contribution < 1.29 is 24.5 Å². The number of hydrogen-bond acceptors (Lipinski definition) is 6. The zero-order valence-electron chi connectivity index (χ0n) is 14.3.